The zero-order valence-electron chi connectivity index (χ0n) is 14.6. The van der Waals surface area contributed by atoms with Crippen LogP contribution in [0.4, 0.5) is 0 Å². The highest BCUT2D eigenvalue weighted by molar-refractivity contribution is 7.54. The summed E-state index contributed by atoms with van der Waals surface area (Å²) < 4.78 is 22.1. The Hall–Kier alpha value is -1.65. The fourth-order valence-corrected chi connectivity index (χ4v) is 3.89. The lowest BCUT2D eigenvalue weighted by Gasteiger charge is -2.30. The van der Waals surface area contributed by atoms with Crippen LogP contribution in [-0.2, 0) is 11.0 Å². The summed E-state index contributed by atoms with van der Waals surface area (Å²) in [6, 6.07) is 16.9. The Morgan fingerprint density at radius 2 is 1.50 bits per heavy atom. The van der Waals surface area contributed by atoms with Gasteiger partial charge in [0.25, 0.3) is 0 Å². The highest BCUT2D eigenvalue weighted by Gasteiger charge is 2.32. The van der Waals surface area contributed by atoms with Crippen molar-refractivity contribution in [1.29, 1.82) is 0 Å². The minimum atomic E-state index is -3.14. The Labute approximate surface area is 144 Å². The van der Waals surface area contributed by atoms with E-state index in [-0.39, 0.29) is 0 Å². The second-order valence-corrected chi connectivity index (χ2v) is 8.78. The van der Waals surface area contributed by atoms with Crippen LogP contribution in [0.25, 0.3) is 0 Å². The van der Waals surface area contributed by atoms with Crippen LogP contribution in [0, 0.1) is 0 Å². The van der Waals surface area contributed by atoms with E-state index < -0.39 is 13.8 Å². The van der Waals surface area contributed by atoms with Crippen LogP contribution in [0.3, 0.4) is 0 Å². The first kappa shape index (κ1) is 18.7. The van der Waals surface area contributed by atoms with Crippen LogP contribution in [0.5, 0.6) is 5.75 Å². The largest absolute Gasteiger partial charge is 0.422 e. The maximum Gasteiger partial charge on any atom is 0.394 e. The Kier molecular flexibility index (Phi) is 6.19. The molecule has 0 saturated carbocycles. The van der Waals surface area contributed by atoms with Gasteiger partial charge in [-0.3, -0.25) is 0 Å². The van der Waals surface area contributed by atoms with Crippen LogP contribution < -0.4 is 4.52 Å². The maximum absolute atomic E-state index is 13.1. The molecule has 0 aliphatic carbocycles. The summed E-state index contributed by atoms with van der Waals surface area (Å²) >= 11 is 0. The van der Waals surface area contributed by atoms with E-state index in [1.165, 1.54) is 0 Å². The zero-order valence-corrected chi connectivity index (χ0v) is 15.5. The quantitative estimate of drug-likeness (QED) is 0.775. The average Bonchev–Trinajstić information content (AvgIpc) is 2.57. The van der Waals surface area contributed by atoms with E-state index in [1.54, 1.807) is 43.6 Å². The molecule has 1 N–H and O–H groups in total. The van der Waals surface area contributed by atoms with Crippen molar-refractivity contribution in [2.24, 2.45) is 0 Å². The molecule has 0 spiro atoms. The molecule has 5 nitrogen and oxygen atoms in total. The van der Waals surface area contributed by atoms with Crippen molar-refractivity contribution in [1.82, 2.24) is 9.34 Å². The zero-order chi connectivity index (χ0) is 17.7. The molecule has 2 aromatic rings. The van der Waals surface area contributed by atoms with Gasteiger partial charge in [-0.05, 0) is 45.4 Å². The van der Waals surface area contributed by atoms with Crippen molar-refractivity contribution in [2.75, 3.05) is 28.2 Å². The Balaban J connectivity index is 2.26. The molecule has 0 aliphatic heterocycles. The summed E-state index contributed by atoms with van der Waals surface area (Å²) in [4.78, 5) is 0. The molecular formula is C18H25N2O3P. The highest BCUT2D eigenvalue weighted by atomic mass is 31.2. The van der Waals surface area contributed by atoms with E-state index in [9.17, 15) is 9.67 Å². The summed E-state index contributed by atoms with van der Waals surface area (Å²) in [7, 11) is 3.76. The molecule has 0 saturated heterocycles. The third kappa shape index (κ3) is 4.25. The lowest BCUT2D eigenvalue weighted by molar-refractivity contribution is 0.177. The van der Waals surface area contributed by atoms with Crippen molar-refractivity contribution in [3.05, 3.63) is 65.7 Å². The Morgan fingerprint density at radius 1 is 0.958 bits per heavy atom. The lowest BCUT2D eigenvalue weighted by Crippen LogP contribution is -2.24. The SMILES string of the molecule is CN(C)P(=O)(Oc1ccccc1CC(O)c1ccccc1)N(C)C. The Bertz CT molecular complexity index is 692. The van der Waals surface area contributed by atoms with Crippen LogP contribution in [0.1, 0.15) is 17.2 Å². The minimum Gasteiger partial charge on any atom is -0.422 e. The van der Waals surface area contributed by atoms with Gasteiger partial charge in [0.15, 0.2) is 0 Å². The van der Waals surface area contributed by atoms with E-state index in [0.717, 1.165) is 11.1 Å². The molecule has 0 heterocycles. The first-order chi connectivity index (χ1) is 11.3. The number of nitrogens with zero attached hydrogens (tertiary/aromatic N) is 2. The number of benzene rings is 2. The van der Waals surface area contributed by atoms with Gasteiger partial charge >= 0.3 is 7.67 Å². The van der Waals surface area contributed by atoms with Crippen molar-refractivity contribution in [2.45, 2.75) is 12.5 Å². The van der Waals surface area contributed by atoms with Crippen molar-refractivity contribution in [3.63, 3.8) is 0 Å². The number of rotatable bonds is 7. The topological polar surface area (TPSA) is 53.0 Å². The summed E-state index contributed by atoms with van der Waals surface area (Å²) in [5.74, 6) is 0.526. The van der Waals surface area contributed by atoms with Gasteiger partial charge in [0, 0.05) is 6.42 Å². The summed E-state index contributed by atoms with van der Waals surface area (Å²) in [6.07, 6.45) is -0.254. The molecule has 0 amide bonds. The summed E-state index contributed by atoms with van der Waals surface area (Å²) in [5.41, 5.74) is 1.66. The molecule has 0 aromatic heterocycles. The number of aliphatic hydroxyl groups excluding tert-OH is 1. The molecule has 0 aliphatic rings. The first-order valence-electron chi connectivity index (χ1n) is 7.80. The van der Waals surface area contributed by atoms with Crippen molar-refractivity contribution in [3.8, 4) is 5.75 Å². The van der Waals surface area contributed by atoms with Crippen molar-refractivity contribution < 1.29 is 14.2 Å². The van der Waals surface area contributed by atoms with E-state index in [2.05, 4.69) is 0 Å². The van der Waals surface area contributed by atoms with Gasteiger partial charge in [0.2, 0.25) is 0 Å². The molecule has 0 bridgehead atoms. The van der Waals surface area contributed by atoms with E-state index in [0.29, 0.717) is 12.2 Å². The number of hydrogen-bond acceptors (Lipinski definition) is 3. The average molecular weight is 348 g/mol. The van der Waals surface area contributed by atoms with Gasteiger partial charge < -0.3 is 9.63 Å². The van der Waals surface area contributed by atoms with Gasteiger partial charge in [-0.25, -0.2) is 13.9 Å². The molecule has 6 heteroatoms. The molecule has 24 heavy (non-hydrogen) atoms. The van der Waals surface area contributed by atoms with Gasteiger partial charge in [0.05, 0.1) is 6.10 Å². The molecule has 1 atom stereocenters. The fourth-order valence-electron chi connectivity index (χ4n) is 2.41. The van der Waals surface area contributed by atoms with Crippen molar-refractivity contribution >= 4 is 7.67 Å². The summed E-state index contributed by atoms with van der Waals surface area (Å²) in [6.45, 7) is 0. The third-order valence-corrected chi connectivity index (χ3v) is 6.25. The highest BCUT2D eigenvalue weighted by Crippen LogP contribution is 2.51. The van der Waals surface area contributed by atoms with Gasteiger partial charge in [-0.1, -0.05) is 48.5 Å². The van der Waals surface area contributed by atoms with E-state index >= 15 is 0 Å². The van der Waals surface area contributed by atoms with Gasteiger partial charge in [0.1, 0.15) is 5.75 Å². The molecule has 0 fully saturated rings. The number of para-hydroxylation sites is 1. The second kappa shape index (κ2) is 7.95. The standard InChI is InChI=1S/C18H25N2O3P/c1-19(2)24(22,20(3)4)23-18-13-9-8-12-16(18)14-17(21)15-10-6-5-7-11-15/h5-13,17,21H,14H2,1-4H3. The molecule has 2 rings (SSSR count). The number of hydrogen-bond donors (Lipinski definition) is 1. The number of aliphatic hydroxyl groups is 1. The Morgan fingerprint density at radius 3 is 2.08 bits per heavy atom. The normalized spacial score (nSPS) is 13.3. The fraction of sp³-hybridized carbons (Fsp3) is 0.333. The smallest absolute Gasteiger partial charge is 0.394 e. The van der Waals surface area contributed by atoms with Crippen LogP contribution in [-0.4, -0.2) is 42.6 Å². The molecule has 2 aromatic carbocycles. The van der Waals surface area contributed by atoms with Crippen LogP contribution in [0.15, 0.2) is 54.6 Å². The predicted molar refractivity (Wildman–Crippen MR) is 97.2 cm³/mol. The predicted octanol–water partition coefficient (Wildman–Crippen LogP) is 3.57. The van der Waals surface area contributed by atoms with Gasteiger partial charge in [-0.15, -0.1) is 0 Å². The molecular weight excluding hydrogens is 323 g/mol. The third-order valence-electron chi connectivity index (χ3n) is 3.80. The van der Waals surface area contributed by atoms with E-state index in [4.69, 9.17) is 4.52 Å². The first-order valence-corrected chi connectivity index (χ1v) is 9.34. The summed E-state index contributed by atoms with van der Waals surface area (Å²) in [5, 5.41) is 10.5. The monoisotopic (exact) mass is 348 g/mol. The second-order valence-electron chi connectivity index (χ2n) is 6.01. The molecule has 1 unspecified atom stereocenters. The molecule has 130 valence electrons. The minimum absolute atomic E-state index is 0.390. The van der Waals surface area contributed by atoms with Gasteiger partial charge in [-0.2, -0.15) is 0 Å². The van der Waals surface area contributed by atoms with E-state index in [1.807, 2.05) is 48.5 Å². The van der Waals surface area contributed by atoms with Crippen LogP contribution >= 0.6 is 7.67 Å². The lowest BCUT2D eigenvalue weighted by atomic mass is 10.0. The maximum atomic E-state index is 13.1. The molecule has 0 radical (unpaired) electrons. The van der Waals surface area contributed by atoms with Crippen LogP contribution in [0.2, 0.25) is 0 Å².